The number of hydrogen-bond acceptors (Lipinski definition) is 6. The molecule has 1 aliphatic carbocycles. The highest BCUT2D eigenvalue weighted by molar-refractivity contribution is 6.07. The number of ether oxygens (including phenoxy) is 2. The first-order valence-electron chi connectivity index (χ1n) is 9.76. The van der Waals surface area contributed by atoms with Gasteiger partial charge in [-0.25, -0.2) is 0 Å². The van der Waals surface area contributed by atoms with E-state index in [4.69, 9.17) is 9.47 Å². The minimum Gasteiger partial charge on any atom is -0.493 e. The van der Waals surface area contributed by atoms with Gasteiger partial charge in [0.15, 0.2) is 11.5 Å². The second-order valence-corrected chi connectivity index (χ2v) is 7.45. The van der Waals surface area contributed by atoms with E-state index in [-0.39, 0.29) is 23.5 Å². The Morgan fingerprint density at radius 2 is 1.70 bits per heavy atom. The van der Waals surface area contributed by atoms with E-state index in [1.807, 2.05) is 26.0 Å². The Bertz CT molecular complexity index is 869. The van der Waals surface area contributed by atoms with Gasteiger partial charge in [0.25, 0.3) is 11.8 Å². The molecule has 0 radical (unpaired) electrons. The fourth-order valence-electron chi connectivity index (χ4n) is 3.57. The van der Waals surface area contributed by atoms with Crippen LogP contribution in [-0.2, 0) is 14.4 Å². The van der Waals surface area contributed by atoms with Gasteiger partial charge in [0.1, 0.15) is 6.54 Å². The van der Waals surface area contributed by atoms with E-state index >= 15 is 0 Å². The zero-order valence-corrected chi connectivity index (χ0v) is 17.1. The maximum Gasteiger partial charge on any atom is 0.269 e. The van der Waals surface area contributed by atoms with Gasteiger partial charge in [-0.05, 0) is 44.9 Å². The third-order valence-corrected chi connectivity index (χ3v) is 5.00. The summed E-state index contributed by atoms with van der Waals surface area (Å²) in [5, 5.41) is 0. The molecule has 0 saturated carbocycles. The van der Waals surface area contributed by atoms with Crippen molar-refractivity contribution in [3.8, 4) is 11.5 Å². The van der Waals surface area contributed by atoms with Gasteiger partial charge in [-0.15, -0.1) is 0 Å². The standard InChI is InChI=1S/C21H25N3O6/c1-12(2)30-16-9-8-13(10-17(16)29-3)19(26)23-22-18(25)11-24-20(27)14-6-4-5-7-15(14)21(24)28/h4-5,8-10,12,14-15H,6-7,11H2,1-3H3,(H,22,25)(H,23,26)/t14-,15+. The molecule has 30 heavy (non-hydrogen) atoms. The molecule has 2 aliphatic rings. The topological polar surface area (TPSA) is 114 Å². The van der Waals surface area contributed by atoms with Crippen molar-refractivity contribution < 1.29 is 28.7 Å². The van der Waals surface area contributed by atoms with Crippen LogP contribution in [0.3, 0.4) is 0 Å². The average molecular weight is 415 g/mol. The molecule has 0 unspecified atom stereocenters. The van der Waals surface area contributed by atoms with Crippen LogP contribution in [0.5, 0.6) is 11.5 Å². The maximum atomic E-state index is 12.4. The third-order valence-electron chi connectivity index (χ3n) is 5.00. The Hall–Kier alpha value is -3.36. The quantitative estimate of drug-likeness (QED) is 0.410. The van der Waals surface area contributed by atoms with E-state index in [1.165, 1.54) is 19.2 Å². The van der Waals surface area contributed by atoms with Gasteiger partial charge in [-0.2, -0.15) is 0 Å². The third kappa shape index (κ3) is 4.45. The molecule has 2 N–H and O–H groups in total. The van der Waals surface area contributed by atoms with Crippen molar-refractivity contribution in [2.75, 3.05) is 13.7 Å². The molecule has 4 amide bonds. The molecule has 1 aromatic carbocycles. The number of benzene rings is 1. The summed E-state index contributed by atoms with van der Waals surface area (Å²) in [6, 6.07) is 4.63. The fraction of sp³-hybridized carbons (Fsp3) is 0.429. The summed E-state index contributed by atoms with van der Waals surface area (Å²) >= 11 is 0. The number of fused-ring (bicyclic) bond motifs is 1. The van der Waals surface area contributed by atoms with Gasteiger partial charge in [0, 0.05) is 5.56 Å². The Labute approximate surface area is 174 Å². The molecule has 0 spiro atoms. The molecule has 0 aromatic heterocycles. The first-order chi connectivity index (χ1) is 14.3. The van der Waals surface area contributed by atoms with Crippen molar-refractivity contribution in [1.82, 2.24) is 15.8 Å². The van der Waals surface area contributed by atoms with E-state index in [2.05, 4.69) is 10.9 Å². The summed E-state index contributed by atoms with van der Waals surface area (Å²) in [7, 11) is 1.46. The van der Waals surface area contributed by atoms with Gasteiger partial charge >= 0.3 is 0 Å². The largest absolute Gasteiger partial charge is 0.493 e. The number of allylic oxidation sites excluding steroid dienone is 2. The summed E-state index contributed by atoms with van der Waals surface area (Å²) in [6.45, 7) is 3.31. The molecule has 1 aliphatic heterocycles. The molecule has 160 valence electrons. The first kappa shape index (κ1) is 21.4. The second kappa shape index (κ2) is 8.98. The Morgan fingerprint density at radius 1 is 1.07 bits per heavy atom. The lowest BCUT2D eigenvalue weighted by Gasteiger charge is -2.16. The summed E-state index contributed by atoms with van der Waals surface area (Å²) in [5.74, 6) is -1.85. The van der Waals surface area contributed by atoms with Crippen LogP contribution < -0.4 is 20.3 Å². The van der Waals surface area contributed by atoms with Gasteiger partial charge in [-0.1, -0.05) is 12.2 Å². The van der Waals surface area contributed by atoms with Gasteiger partial charge in [0.2, 0.25) is 11.8 Å². The first-order valence-corrected chi connectivity index (χ1v) is 9.76. The number of methoxy groups -OCH3 is 1. The number of carbonyl (C=O) groups is 4. The van der Waals surface area contributed by atoms with Crippen molar-refractivity contribution in [1.29, 1.82) is 0 Å². The minimum atomic E-state index is -0.664. The number of hydrazine groups is 1. The van der Waals surface area contributed by atoms with Crippen LogP contribution in [0.4, 0.5) is 0 Å². The predicted octanol–water partition coefficient (Wildman–Crippen LogP) is 1.19. The van der Waals surface area contributed by atoms with E-state index in [0.29, 0.717) is 24.3 Å². The van der Waals surface area contributed by atoms with Crippen molar-refractivity contribution in [2.45, 2.75) is 32.8 Å². The molecule has 2 atom stereocenters. The van der Waals surface area contributed by atoms with Gasteiger partial charge in [-0.3, -0.25) is 34.9 Å². The van der Waals surface area contributed by atoms with Crippen LogP contribution in [0.1, 0.15) is 37.0 Å². The van der Waals surface area contributed by atoms with Gasteiger partial charge in [0.05, 0.1) is 25.0 Å². The lowest BCUT2D eigenvalue weighted by atomic mass is 9.85. The highest BCUT2D eigenvalue weighted by Crippen LogP contribution is 2.34. The highest BCUT2D eigenvalue weighted by atomic mass is 16.5. The molecule has 1 fully saturated rings. The number of nitrogens with zero attached hydrogens (tertiary/aromatic N) is 1. The number of imide groups is 1. The Morgan fingerprint density at radius 3 is 2.27 bits per heavy atom. The molecular weight excluding hydrogens is 390 g/mol. The summed E-state index contributed by atoms with van der Waals surface area (Å²) in [6.07, 6.45) is 4.70. The molecule has 0 bridgehead atoms. The normalized spacial score (nSPS) is 20.2. The summed E-state index contributed by atoms with van der Waals surface area (Å²) in [5.41, 5.74) is 4.77. The monoisotopic (exact) mass is 415 g/mol. The van der Waals surface area contributed by atoms with Crippen LogP contribution >= 0.6 is 0 Å². The zero-order chi connectivity index (χ0) is 21.8. The minimum absolute atomic E-state index is 0.0616. The van der Waals surface area contributed by atoms with Crippen LogP contribution in [-0.4, -0.2) is 48.3 Å². The molecule has 9 heteroatoms. The van der Waals surface area contributed by atoms with Crippen LogP contribution in [0.2, 0.25) is 0 Å². The highest BCUT2D eigenvalue weighted by Gasteiger charge is 2.47. The van der Waals surface area contributed by atoms with Crippen molar-refractivity contribution in [3.05, 3.63) is 35.9 Å². The Balaban J connectivity index is 1.56. The molecule has 3 rings (SSSR count). The SMILES string of the molecule is COc1cc(C(=O)NNC(=O)CN2C(=O)[C@H]3CC=CC[C@H]3C2=O)ccc1OC(C)C. The molecule has 1 heterocycles. The van der Waals surface area contributed by atoms with Crippen molar-refractivity contribution >= 4 is 23.6 Å². The molecular formula is C21H25N3O6. The lowest BCUT2D eigenvalue weighted by Crippen LogP contribution is -2.47. The molecule has 1 saturated heterocycles. The number of rotatable bonds is 6. The van der Waals surface area contributed by atoms with Crippen molar-refractivity contribution in [3.63, 3.8) is 0 Å². The van der Waals surface area contributed by atoms with Crippen LogP contribution in [0.25, 0.3) is 0 Å². The molecule has 1 aromatic rings. The number of amides is 4. The van der Waals surface area contributed by atoms with E-state index in [1.54, 1.807) is 6.07 Å². The predicted molar refractivity (Wildman–Crippen MR) is 106 cm³/mol. The summed E-state index contributed by atoms with van der Waals surface area (Å²) in [4.78, 5) is 50.3. The van der Waals surface area contributed by atoms with Gasteiger partial charge < -0.3 is 9.47 Å². The van der Waals surface area contributed by atoms with Crippen LogP contribution in [0, 0.1) is 11.8 Å². The molecule has 9 nitrogen and oxygen atoms in total. The second-order valence-electron chi connectivity index (χ2n) is 7.45. The summed E-state index contributed by atoms with van der Waals surface area (Å²) < 4.78 is 10.8. The lowest BCUT2D eigenvalue weighted by molar-refractivity contribution is -0.143. The number of hydrogen-bond donors (Lipinski definition) is 2. The van der Waals surface area contributed by atoms with E-state index < -0.39 is 30.2 Å². The van der Waals surface area contributed by atoms with E-state index in [0.717, 1.165) is 4.90 Å². The number of carbonyl (C=O) groups excluding carboxylic acids is 4. The maximum absolute atomic E-state index is 12.4. The van der Waals surface area contributed by atoms with Crippen LogP contribution in [0.15, 0.2) is 30.4 Å². The fourth-order valence-corrected chi connectivity index (χ4v) is 3.57. The number of likely N-dealkylation sites (tertiary alicyclic amines) is 1. The van der Waals surface area contributed by atoms with E-state index in [9.17, 15) is 19.2 Å². The average Bonchev–Trinajstić information content (AvgIpc) is 2.97. The zero-order valence-electron chi connectivity index (χ0n) is 17.1. The Kier molecular flexibility index (Phi) is 6.39. The smallest absolute Gasteiger partial charge is 0.269 e. The number of nitrogens with one attached hydrogen (secondary N) is 2. The van der Waals surface area contributed by atoms with Crippen molar-refractivity contribution in [2.24, 2.45) is 11.8 Å².